The minimum atomic E-state index is 0.0809. The smallest absolute Gasteiger partial charge is 0.319 e. The number of hydrogen-bond acceptors (Lipinski definition) is 5. The normalized spacial score (nSPS) is 11.1. The second-order valence-corrected chi connectivity index (χ2v) is 3.98. The molecule has 0 fully saturated rings. The van der Waals surface area contributed by atoms with E-state index < -0.39 is 0 Å². The maximum absolute atomic E-state index is 5.31. The summed E-state index contributed by atoms with van der Waals surface area (Å²) < 4.78 is 4.65. The van der Waals surface area contributed by atoms with Crippen molar-refractivity contribution in [2.45, 2.75) is 4.90 Å². The molecular formula is C11H11N3OS. The van der Waals surface area contributed by atoms with Crippen LogP contribution in [-0.4, -0.2) is 16.4 Å². The van der Waals surface area contributed by atoms with Crippen molar-refractivity contribution < 1.29 is 4.52 Å². The molecule has 0 spiro atoms. The Hall–Kier alpha value is -1.75. The molecule has 2 N–H and O–H groups in total. The standard InChI is InChI=1S/C11H11N3OS/c1-16-9-5-2-8(3-6-9)4-7-10-13-11(12)15-14-10/h2-7H,1H3,(H2,12,13,14)/b7-4+. The summed E-state index contributed by atoms with van der Waals surface area (Å²) in [6.07, 6.45) is 5.72. The number of hydrogen-bond donors (Lipinski definition) is 1. The fourth-order valence-corrected chi connectivity index (χ4v) is 1.61. The monoisotopic (exact) mass is 233 g/mol. The zero-order valence-electron chi connectivity index (χ0n) is 8.75. The van der Waals surface area contributed by atoms with E-state index in [0.717, 1.165) is 5.56 Å². The number of anilines is 1. The second-order valence-electron chi connectivity index (χ2n) is 3.10. The van der Waals surface area contributed by atoms with E-state index in [1.54, 1.807) is 17.8 Å². The molecule has 0 aliphatic carbocycles. The molecule has 5 heteroatoms. The fourth-order valence-electron chi connectivity index (χ4n) is 1.20. The van der Waals surface area contributed by atoms with Crippen LogP contribution in [-0.2, 0) is 0 Å². The van der Waals surface area contributed by atoms with Crippen molar-refractivity contribution in [3.63, 3.8) is 0 Å². The maximum atomic E-state index is 5.31. The molecule has 1 aromatic carbocycles. The van der Waals surface area contributed by atoms with Gasteiger partial charge in [0.1, 0.15) is 0 Å². The molecule has 0 aliphatic rings. The Morgan fingerprint density at radius 2 is 2.00 bits per heavy atom. The van der Waals surface area contributed by atoms with Gasteiger partial charge in [0.05, 0.1) is 0 Å². The van der Waals surface area contributed by atoms with E-state index >= 15 is 0 Å². The average Bonchev–Trinajstić information content (AvgIpc) is 2.73. The van der Waals surface area contributed by atoms with Crippen LogP contribution in [0.25, 0.3) is 12.2 Å². The largest absolute Gasteiger partial charge is 0.351 e. The highest BCUT2D eigenvalue weighted by Crippen LogP contribution is 2.16. The number of thioether (sulfide) groups is 1. The van der Waals surface area contributed by atoms with E-state index in [2.05, 4.69) is 26.8 Å². The Morgan fingerprint density at radius 1 is 1.25 bits per heavy atom. The number of nitrogens with two attached hydrogens (primary N) is 1. The van der Waals surface area contributed by atoms with Crippen molar-refractivity contribution in [3.05, 3.63) is 35.7 Å². The second kappa shape index (κ2) is 4.85. The predicted molar refractivity (Wildman–Crippen MR) is 65.9 cm³/mol. The molecule has 82 valence electrons. The van der Waals surface area contributed by atoms with Gasteiger partial charge in [-0.1, -0.05) is 23.4 Å². The summed E-state index contributed by atoms with van der Waals surface area (Å²) in [5.74, 6) is 0.478. The highest BCUT2D eigenvalue weighted by Gasteiger charge is 1.97. The third kappa shape index (κ3) is 2.64. The molecule has 0 radical (unpaired) electrons. The van der Waals surface area contributed by atoms with E-state index in [9.17, 15) is 0 Å². The molecule has 2 aromatic rings. The zero-order chi connectivity index (χ0) is 11.4. The van der Waals surface area contributed by atoms with E-state index in [1.165, 1.54) is 4.90 Å². The van der Waals surface area contributed by atoms with E-state index in [-0.39, 0.29) is 6.01 Å². The molecule has 0 saturated heterocycles. The van der Waals surface area contributed by atoms with Crippen LogP contribution in [0.4, 0.5) is 6.01 Å². The highest BCUT2D eigenvalue weighted by molar-refractivity contribution is 7.98. The lowest BCUT2D eigenvalue weighted by Crippen LogP contribution is -1.82. The van der Waals surface area contributed by atoms with Gasteiger partial charge in [-0.2, -0.15) is 4.98 Å². The van der Waals surface area contributed by atoms with Crippen LogP contribution in [0.15, 0.2) is 33.7 Å². The summed E-state index contributed by atoms with van der Waals surface area (Å²) >= 11 is 1.71. The summed E-state index contributed by atoms with van der Waals surface area (Å²) in [5, 5.41) is 3.66. The number of rotatable bonds is 3. The van der Waals surface area contributed by atoms with E-state index in [1.807, 2.05) is 24.5 Å². The summed E-state index contributed by atoms with van der Waals surface area (Å²) in [6, 6.07) is 8.28. The molecule has 2 rings (SSSR count). The van der Waals surface area contributed by atoms with Crippen molar-refractivity contribution in [1.82, 2.24) is 10.1 Å². The first kappa shape index (κ1) is 10.8. The van der Waals surface area contributed by atoms with Gasteiger partial charge >= 0.3 is 6.01 Å². The van der Waals surface area contributed by atoms with Crippen molar-refractivity contribution in [2.24, 2.45) is 0 Å². The summed E-state index contributed by atoms with van der Waals surface area (Å²) in [7, 11) is 0. The third-order valence-electron chi connectivity index (χ3n) is 2.00. The minimum Gasteiger partial charge on any atom is -0.351 e. The Morgan fingerprint density at radius 3 is 2.56 bits per heavy atom. The number of nitrogen functional groups attached to an aromatic ring is 1. The lowest BCUT2D eigenvalue weighted by molar-refractivity contribution is 0.433. The van der Waals surface area contributed by atoms with Crippen molar-refractivity contribution in [2.75, 3.05) is 12.0 Å². The quantitative estimate of drug-likeness (QED) is 0.825. The maximum Gasteiger partial charge on any atom is 0.319 e. The molecule has 1 aromatic heterocycles. The summed E-state index contributed by atoms with van der Waals surface area (Å²) in [5.41, 5.74) is 6.39. The SMILES string of the molecule is CSc1ccc(/C=C/c2noc(N)n2)cc1. The Balaban J connectivity index is 2.11. The Labute approximate surface area is 97.5 Å². The summed E-state index contributed by atoms with van der Waals surface area (Å²) in [6.45, 7) is 0. The van der Waals surface area contributed by atoms with Crippen molar-refractivity contribution >= 4 is 29.9 Å². The lowest BCUT2D eigenvalue weighted by Gasteiger charge is -1.95. The molecule has 16 heavy (non-hydrogen) atoms. The van der Waals surface area contributed by atoms with Crippen molar-refractivity contribution in [1.29, 1.82) is 0 Å². The van der Waals surface area contributed by atoms with Gasteiger partial charge in [0, 0.05) is 4.90 Å². The molecular weight excluding hydrogens is 222 g/mol. The van der Waals surface area contributed by atoms with Gasteiger partial charge < -0.3 is 10.3 Å². The van der Waals surface area contributed by atoms with Gasteiger partial charge in [0.25, 0.3) is 0 Å². The fraction of sp³-hybridized carbons (Fsp3) is 0.0909. The van der Waals surface area contributed by atoms with Crippen LogP contribution < -0.4 is 5.73 Å². The lowest BCUT2D eigenvalue weighted by atomic mass is 10.2. The van der Waals surface area contributed by atoms with Crippen LogP contribution in [0, 0.1) is 0 Å². The highest BCUT2D eigenvalue weighted by atomic mass is 32.2. The Kier molecular flexibility index (Phi) is 3.26. The predicted octanol–water partition coefficient (Wildman–Crippen LogP) is 2.54. The van der Waals surface area contributed by atoms with Gasteiger partial charge in [-0.3, -0.25) is 0 Å². The molecule has 4 nitrogen and oxygen atoms in total. The van der Waals surface area contributed by atoms with Crippen LogP contribution in [0.1, 0.15) is 11.4 Å². The van der Waals surface area contributed by atoms with E-state index in [0.29, 0.717) is 5.82 Å². The first-order valence-electron chi connectivity index (χ1n) is 4.69. The minimum absolute atomic E-state index is 0.0809. The molecule has 0 atom stereocenters. The molecule has 0 unspecified atom stereocenters. The third-order valence-corrected chi connectivity index (χ3v) is 2.74. The van der Waals surface area contributed by atoms with Crippen LogP contribution in [0.3, 0.4) is 0 Å². The summed E-state index contributed by atoms with van der Waals surface area (Å²) in [4.78, 5) is 5.11. The number of nitrogens with zero attached hydrogens (tertiary/aromatic N) is 2. The molecule has 0 amide bonds. The average molecular weight is 233 g/mol. The molecule has 0 aliphatic heterocycles. The molecule has 0 bridgehead atoms. The van der Waals surface area contributed by atoms with Crippen LogP contribution in [0.5, 0.6) is 0 Å². The topological polar surface area (TPSA) is 64.9 Å². The van der Waals surface area contributed by atoms with Gasteiger partial charge in [-0.25, -0.2) is 0 Å². The first-order chi connectivity index (χ1) is 7.78. The molecule has 1 heterocycles. The van der Waals surface area contributed by atoms with Gasteiger partial charge in [0.15, 0.2) is 5.82 Å². The number of benzene rings is 1. The van der Waals surface area contributed by atoms with Gasteiger partial charge in [0.2, 0.25) is 0 Å². The Bertz CT molecular complexity index is 490. The number of aromatic nitrogens is 2. The van der Waals surface area contributed by atoms with Crippen molar-refractivity contribution in [3.8, 4) is 0 Å². The van der Waals surface area contributed by atoms with E-state index in [4.69, 9.17) is 5.73 Å². The van der Waals surface area contributed by atoms with Gasteiger partial charge in [-0.15, -0.1) is 11.8 Å². The zero-order valence-corrected chi connectivity index (χ0v) is 9.57. The first-order valence-corrected chi connectivity index (χ1v) is 5.92. The van der Waals surface area contributed by atoms with Crippen LogP contribution in [0.2, 0.25) is 0 Å². The van der Waals surface area contributed by atoms with Crippen LogP contribution >= 0.6 is 11.8 Å². The molecule has 0 saturated carbocycles. The van der Waals surface area contributed by atoms with Gasteiger partial charge in [-0.05, 0) is 30.0 Å².